The molecule has 0 saturated heterocycles. The molecule has 0 fully saturated rings. The summed E-state index contributed by atoms with van der Waals surface area (Å²) in [5, 5.41) is 0. The minimum Gasteiger partial charge on any atom is -0.0622 e. The predicted octanol–water partition coefficient (Wildman–Crippen LogP) is 6.67. The molecule has 0 aromatic heterocycles. The van der Waals surface area contributed by atoms with Crippen LogP contribution in [0, 0.1) is 5.41 Å². The van der Waals surface area contributed by atoms with E-state index in [1.165, 1.54) is 44.5 Å². The van der Waals surface area contributed by atoms with Gasteiger partial charge in [0.15, 0.2) is 0 Å². The smallest absolute Gasteiger partial charge is 0.0565 e. The molecule has 4 aromatic rings. The first-order valence-corrected chi connectivity index (χ1v) is 10.9. The molecule has 0 amide bonds. The van der Waals surface area contributed by atoms with E-state index in [1.807, 2.05) is 0 Å². The number of hydrogen-bond donors (Lipinski definition) is 0. The van der Waals surface area contributed by atoms with Crippen LogP contribution < -0.4 is 0 Å². The van der Waals surface area contributed by atoms with Gasteiger partial charge >= 0.3 is 0 Å². The van der Waals surface area contributed by atoms with Crippen LogP contribution in [0.1, 0.15) is 38.9 Å². The Morgan fingerprint density at radius 1 is 0.533 bits per heavy atom. The normalized spacial score (nSPS) is 26.1. The molecule has 3 aliphatic carbocycles. The van der Waals surface area contributed by atoms with Gasteiger partial charge in [0.05, 0.1) is 5.41 Å². The van der Waals surface area contributed by atoms with Crippen LogP contribution in [0.25, 0.3) is 11.6 Å². The minimum atomic E-state index is -0.0720. The van der Waals surface area contributed by atoms with Gasteiger partial charge in [-0.2, -0.15) is 0 Å². The fourth-order valence-electron chi connectivity index (χ4n) is 6.89. The Morgan fingerprint density at radius 3 is 1.73 bits per heavy atom. The highest BCUT2D eigenvalue weighted by Gasteiger charge is 2.68. The van der Waals surface area contributed by atoms with Gasteiger partial charge in [0, 0.05) is 5.41 Å². The number of hydrogen-bond acceptors (Lipinski definition) is 0. The highest BCUT2D eigenvalue weighted by Crippen LogP contribution is 2.74. The van der Waals surface area contributed by atoms with Crippen LogP contribution in [0.5, 0.6) is 0 Å². The lowest BCUT2D eigenvalue weighted by Gasteiger charge is -2.37. The first kappa shape index (κ1) is 16.4. The quantitative estimate of drug-likeness (QED) is 0.345. The second-order valence-corrected chi connectivity index (χ2v) is 9.01. The van der Waals surface area contributed by atoms with Crippen LogP contribution in [0.15, 0.2) is 103 Å². The maximum Gasteiger partial charge on any atom is 0.0565 e. The van der Waals surface area contributed by atoms with Gasteiger partial charge in [-0.25, -0.2) is 0 Å². The lowest BCUT2D eigenvalue weighted by Crippen LogP contribution is -2.37. The molecular weight excluding hydrogens is 360 g/mol. The van der Waals surface area contributed by atoms with Crippen molar-refractivity contribution in [2.45, 2.75) is 18.3 Å². The number of allylic oxidation sites excluding steroid dienone is 1. The molecule has 0 heterocycles. The van der Waals surface area contributed by atoms with Crippen molar-refractivity contribution in [2.24, 2.45) is 5.41 Å². The monoisotopic (exact) mass is 382 g/mol. The summed E-state index contributed by atoms with van der Waals surface area (Å²) in [4.78, 5) is 0. The number of rotatable bonds is 1. The van der Waals surface area contributed by atoms with Gasteiger partial charge in [-0.1, -0.05) is 109 Å². The van der Waals surface area contributed by atoms with E-state index in [1.54, 1.807) is 0 Å². The molecule has 0 heteroatoms. The lowest BCUT2D eigenvalue weighted by molar-refractivity contribution is 0.350. The van der Waals surface area contributed by atoms with E-state index in [4.69, 9.17) is 0 Å². The van der Waals surface area contributed by atoms with Crippen molar-refractivity contribution >= 4 is 11.6 Å². The fourth-order valence-corrected chi connectivity index (χ4v) is 6.89. The van der Waals surface area contributed by atoms with Crippen molar-refractivity contribution in [1.82, 2.24) is 0 Å². The average molecular weight is 383 g/mol. The predicted molar refractivity (Wildman–Crippen MR) is 123 cm³/mol. The molecule has 0 aliphatic heterocycles. The largest absolute Gasteiger partial charge is 0.0622 e. The highest BCUT2D eigenvalue weighted by molar-refractivity contribution is 5.96. The van der Waals surface area contributed by atoms with Gasteiger partial charge < -0.3 is 0 Å². The van der Waals surface area contributed by atoms with E-state index in [-0.39, 0.29) is 10.8 Å². The van der Waals surface area contributed by atoms with E-state index >= 15 is 0 Å². The minimum absolute atomic E-state index is 0.0555. The SMILES string of the molecule is C(=C1\c2ccccc2C23c4ccccc4CC12Cc1ccccc13)/c1ccccc1. The van der Waals surface area contributed by atoms with Crippen molar-refractivity contribution in [3.8, 4) is 0 Å². The van der Waals surface area contributed by atoms with Crippen LogP contribution >= 0.6 is 0 Å². The Balaban J connectivity index is 1.65. The molecule has 0 bridgehead atoms. The summed E-state index contributed by atoms with van der Waals surface area (Å²) < 4.78 is 0. The number of fused-ring (bicyclic) bond motifs is 3. The zero-order valence-electron chi connectivity index (χ0n) is 16.8. The zero-order chi connectivity index (χ0) is 19.8. The molecule has 4 aromatic carbocycles. The van der Waals surface area contributed by atoms with Crippen molar-refractivity contribution < 1.29 is 0 Å². The summed E-state index contributed by atoms with van der Waals surface area (Å²) in [6, 6.07) is 38.4. The van der Waals surface area contributed by atoms with Crippen LogP contribution in [-0.4, -0.2) is 0 Å². The van der Waals surface area contributed by atoms with Crippen molar-refractivity contribution in [3.05, 3.63) is 142 Å². The third kappa shape index (κ3) is 1.75. The molecule has 142 valence electrons. The van der Waals surface area contributed by atoms with E-state index in [0.29, 0.717) is 0 Å². The molecule has 0 spiro atoms. The second-order valence-electron chi connectivity index (χ2n) is 9.01. The molecule has 0 N–H and O–H groups in total. The average Bonchev–Trinajstić information content (AvgIpc) is 3.33. The van der Waals surface area contributed by atoms with E-state index in [9.17, 15) is 0 Å². The summed E-state index contributed by atoms with van der Waals surface area (Å²) in [6.45, 7) is 0. The van der Waals surface area contributed by atoms with E-state index in [0.717, 1.165) is 12.8 Å². The Morgan fingerprint density at radius 2 is 1.07 bits per heavy atom. The van der Waals surface area contributed by atoms with Gasteiger partial charge in [-0.3, -0.25) is 0 Å². The molecule has 7 rings (SSSR count). The fraction of sp³-hybridized carbons (Fsp3) is 0.133. The Hall–Kier alpha value is -3.38. The second kappa shape index (κ2) is 5.61. The van der Waals surface area contributed by atoms with Crippen LogP contribution in [-0.2, 0) is 18.3 Å². The van der Waals surface area contributed by atoms with Gasteiger partial charge in [-0.05, 0) is 57.4 Å². The molecule has 0 radical (unpaired) electrons. The molecule has 0 nitrogen and oxygen atoms in total. The first-order chi connectivity index (χ1) is 14.8. The van der Waals surface area contributed by atoms with Crippen molar-refractivity contribution in [1.29, 1.82) is 0 Å². The van der Waals surface area contributed by atoms with Crippen LogP contribution in [0.3, 0.4) is 0 Å². The molecule has 30 heavy (non-hydrogen) atoms. The molecular formula is C30H22. The summed E-state index contributed by atoms with van der Waals surface area (Å²) >= 11 is 0. The van der Waals surface area contributed by atoms with Gasteiger partial charge in [0.25, 0.3) is 0 Å². The zero-order valence-corrected chi connectivity index (χ0v) is 16.8. The van der Waals surface area contributed by atoms with Gasteiger partial charge in [0.2, 0.25) is 0 Å². The van der Waals surface area contributed by atoms with Gasteiger partial charge in [0.1, 0.15) is 0 Å². The third-order valence-electron chi connectivity index (χ3n) is 7.79. The summed E-state index contributed by atoms with van der Waals surface area (Å²) in [5.41, 5.74) is 11.8. The van der Waals surface area contributed by atoms with Crippen molar-refractivity contribution in [3.63, 3.8) is 0 Å². The highest BCUT2D eigenvalue weighted by atomic mass is 14.7. The topological polar surface area (TPSA) is 0 Å². The summed E-state index contributed by atoms with van der Waals surface area (Å²) in [6.07, 6.45) is 4.68. The van der Waals surface area contributed by atoms with Crippen LogP contribution in [0.4, 0.5) is 0 Å². The summed E-state index contributed by atoms with van der Waals surface area (Å²) in [7, 11) is 0. The maximum absolute atomic E-state index is 2.47. The first-order valence-electron chi connectivity index (χ1n) is 10.9. The molecule has 3 aliphatic rings. The molecule has 0 unspecified atom stereocenters. The lowest BCUT2D eigenvalue weighted by atomic mass is 9.63. The van der Waals surface area contributed by atoms with E-state index in [2.05, 4.69) is 109 Å². The van der Waals surface area contributed by atoms with E-state index < -0.39 is 0 Å². The maximum atomic E-state index is 2.47. The van der Waals surface area contributed by atoms with Crippen molar-refractivity contribution in [2.75, 3.05) is 0 Å². The Kier molecular flexibility index (Phi) is 3.07. The Labute approximate surface area is 177 Å². The van der Waals surface area contributed by atoms with Crippen LogP contribution in [0.2, 0.25) is 0 Å². The summed E-state index contributed by atoms with van der Waals surface area (Å²) in [5.74, 6) is 0. The standard InChI is InChI=1S/C30H22/c1-2-10-21(11-3-1)18-28-24-14-6-9-17-27(24)30-25-15-7-4-12-22(25)19-29(28,30)20-23-13-5-8-16-26(23)30/h1-18H,19-20H2/b28-18-. The third-order valence-corrected chi connectivity index (χ3v) is 7.79. The number of benzene rings is 4. The Bertz CT molecular complexity index is 1290. The van der Waals surface area contributed by atoms with Gasteiger partial charge in [-0.15, -0.1) is 0 Å². The molecule has 0 atom stereocenters. The molecule has 0 saturated carbocycles.